The van der Waals surface area contributed by atoms with Gasteiger partial charge in [-0.05, 0) is 32.0 Å². The maximum atomic E-state index is 12.9. The summed E-state index contributed by atoms with van der Waals surface area (Å²) in [6.07, 6.45) is 0.576. The number of hydrogen-bond acceptors (Lipinski definition) is 5. The number of primary amides is 1. The number of amides is 2. The number of aryl methyl sites for hydroxylation is 2. The third-order valence-electron chi connectivity index (χ3n) is 4.60. The van der Waals surface area contributed by atoms with Gasteiger partial charge in [0.25, 0.3) is 5.91 Å². The molecule has 0 bridgehead atoms. The Labute approximate surface area is 167 Å². The van der Waals surface area contributed by atoms with Crippen LogP contribution >= 0.6 is 22.9 Å². The molecule has 1 aliphatic rings. The lowest BCUT2D eigenvalue weighted by Gasteiger charge is -2.38. The predicted molar refractivity (Wildman–Crippen MR) is 105 cm³/mol. The van der Waals surface area contributed by atoms with E-state index in [2.05, 4.69) is 4.98 Å². The second-order valence-corrected chi connectivity index (χ2v) is 8.37. The normalized spacial score (nSPS) is 19.7. The maximum Gasteiger partial charge on any atom is 0.265 e. The SMILES string of the molecule is Cc1nc(C)c(C(=O)N2CC[C@H](Oc3cccc(Cl)c3)[C@@H](CC(N)=O)C2)s1. The van der Waals surface area contributed by atoms with E-state index in [-0.39, 0.29) is 24.3 Å². The lowest BCUT2D eigenvalue weighted by molar-refractivity contribution is -0.120. The van der Waals surface area contributed by atoms with Gasteiger partial charge in [0, 0.05) is 36.9 Å². The zero-order chi connectivity index (χ0) is 19.6. The summed E-state index contributed by atoms with van der Waals surface area (Å²) in [4.78, 5) is 31.2. The van der Waals surface area contributed by atoms with Gasteiger partial charge in [-0.2, -0.15) is 0 Å². The molecule has 0 aliphatic carbocycles. The molecule has 0 radical (unpaired) electrons. The minimum absolute atomic E-state index is 0.0474. The van der Waals surface area contributed by atoms with E-state index in [4.69, 9.17) is 22.1 Å². The maximum absolute atomic E-state index is 12.9. The summed E-state index contributed by atoms with van der Waals surface area (Å²) in [6.45, 7) is 4.70. The Hall–Kier alpha value is -2.12. The van der Waals surface area contributed by atoms with E-state index in [9.17, 15) is 9.59 Å². The quantitative estimate of drug-likeness (QED) is 0.824. The molecule has 1 aromatic heterocycles. The number of aromatic nitrogens is 1. The van der Waals surface area contributed by atoms with Crippen LogP contribution in [0.3, 0.4) is 0 Å². The average Bonchev–Trinajstić information content (AvgIpc) is 2.93. The molecule has 3 rings (SSSR count). The van der Waals surface area contributed by atoms with E-state index >= 15 is 0 Å². The molecule has 2 N–H and O–H groups in total. The molecule has 8 heteroatoms. The molecule has 2 amide bonds. The van der Waals surface area contributed by atoms with Crippen molar-refractivity contribution in [3.8, 4) is 5.75 Å². The summed E-state index contributed by atoms with van der Waals surface area (Å²) in [6, 6.07) is 7.16. The molecule has 27 heavy (non-hydrogen) atoms. The van der Waals surface area contributed by atoms with Crippen molar-refractivity contribution < 1.29 is 14.3 Å². The van der Waals surface area contributed by atoms with Crippen molar-refractivity contribution in [3.63, 3.8) is 0 Å². The second kappa shape index (κ2) is 8.27. The first-order chi connectivity index (χ1) is 12.8. The summed E-state index contributed by atoms with van der Waals surface area (Å²) in [7, 11) is 0. The van der Waals surface area contributed by atoms with Gasteiger partial charge in [-0.25, -0.2) is 4.98 Å². The lowest BCUT2D eigenvalue weighted by atomic mass is 9.91. The number of piperidine rings is 1. The van der Waals surface area contributed by atoms with Gasteiger partial charge < -0.3 is 15.4 Å². The largest absolute Gasteiger partial charge is 0.490 e. The van der Waals surface area contributed by atoms with Gasteiger partial charge in [-0.1, -0.05) is 17.7 Å². The van der Waals surface area contributed by atoms with Crippen molar-refractivity contribution in [2.75, 3.05) is 13.1 Å². The number of hydrogen-bond donors (Lipinski definition) is 1. The highest BCUT2D eigenvalue weighted by Crippen LogP contribution is 2.29. The number of halogens is 1. The van der Waals surface area contributed by atoms with Gasteiger partial charge in [-0.3, -0.25) is 9.59 Å². The van der Waals surface area contributed by atoms with Crippen molar-refractivity contribution in [2.45, 2.75) is 32.8 Å². The van der Waals surface area contributed by atoms with E-state index < -0.39 is 5.91 Å². The van der Waals surface area contributed by atoms with Crippen LogP contribution in [0.15, 0.2) is 24.3 Å². The number of thiazole rings is 1. The molecule has 1 aliphatic heterocycles. The third-order valence-corrected chi connectivity index (χ3v) is 5.89. The second-order valence-electron chi connectivity index (χ2n) is 6.73. The van der Waals surface area contributed by atoms with Crippen molar-refractivity contribution in [3.05, 3.63) is 44.9 Å². The number of nitrogens with zero attached hydrogens (tertiary/aromatic N) is 2. The fourth-order valence-electron chi connectivity index (χ4n) is 3.39. The van der Waals surface area contributed by atoms with E-state index in [1.807, 2.05) is 26.0 Å². The van der Waals surface area contributed by atoms with E-state index in [1.165, 1.54) is 11.3 Å². The number of likely N-dealkylation sites (tertiary alicyclic amines) is 1. The summed E-state index contributed by atoms with van der Waals surface area (Å²) in [5, 5.41) is 1.45. The lowest BCUT2D eigenvalue weighted by Crippen LogP contribution is -2.49. The van der Waals surface area contributed by atoms with Gasteiger partial charge >= 0.3 is 0 Å². The van der Waals surface area contributed by atoms with Crippen LogP contribution in [-0.2, 0) is 4.79 Å². The van der Waals surface area contributed by atoms with Crippen LogP contribution in [0.5, 0.6) is 5.75 Å². The fraction of sp³-hybridized carbons (Fsp3) is 0.421. The van der Waals surface area contributed by atoms with Gasteiger partial charge in [0.1, 0.15) is 16.7 Å². The minimum Gasteiger partial charge on any atom is -0.490 e. The molecule has 2 aromatic rings. The topological polar surface area (TPSA) is 85.5 Å². The molecular formula is C19H22ClN3O3S. The number of nitrogens with two attached hydrogens (primary N) is 1. The highest BCUT2D eigenvalue weighted by atomic mass is 35.5. The Morgan fingerprint density at radius 1 is 1.41 bits per heavy atom. The van der Waals surface area contributed by atoms with Crippen molar-refractivity contribution >= 4 is 34.8 Å². The predicted octanol–water partition coefficient (Wildman–Crippen LogP) is 3.20. The fourth-order valence-corrected chi connectivity index (χ4v) is 4.46. The molecule has 6 nitrogen and oxygen atoms in total. The Balaban J connectivity index is 1.75. The van der Waals surface area contributed by atoms with E-state index in [1.54, 1.807) is 17.0 Å². The summed E-state index contributed by atoms with van der Waals surface area (Å²) in [5.41, 5.74) is 6.18. The highest BCUT2D eigenvalue weighted by Gasteiger charge is 2.35. The smallest absolute Gasteiger partial charge is 0.265 e. The number of benzene rings is 1. The Morgan fingerprint density at radius 2 is 2.19 bits per heavy atom. The first-order valence-corrected chi connectivity index (χ1v) is 9.96. The highest BCUT2D eigenvalue weighted by molar-refractivity contribution is 7.13. The van der Waals surface area contributed by atoms with Crippen molar-refractivity contribution in [2.24, 2.45) is 11.7 Å². The molecule has 0 unspecified atom stereocenters. The number of ether oxygens (including phenoxy) is 1. The number of rotatable bonds is 5. The van der Waals surface area contributed by atoms with Gasteiger partial charge in [0.15, 0.2) is 0 Å². The molecule has 144 valence electrons. The Morgan fingerprint density at radius 3 is 2.81 bits per heavy atom. The van der Waals surface area contributed by atoms with Gasteiger partial charge in [-0.15, -0.1) is 11.3 Å². The minimum atomic E-state index is -0.404. The molecule has 2 heterocycles. The first-order valence-electron chi connectivity index (χ1n) is 8.77. The van der Waals surface area contributed by atoms with Crippen LogP contribution in [0.2, 0.25) is 5.02 Å². The average molecular weight is 408 g/mol. The Bertz CT molecular complexity index is 854. The van der Waals surface area contributed by atoms with Crippen LogP contribution in [0.4, 0.5) is 0 Å². The summed E-state index contributed by atoms with van der Waals surface area (Å²) < 4.78 is 6.07. The molecule has 1 saturated heterocycles. The Kier molecular flexibility index (Phi) is 6.01. The third kappa shape index (κ3) is 4.78. The van der Waals surface area contributed by atoms with Crippen LogP contribution in [-0.4, -0.2) is 40.9 Å². The van der Waals surface area contributed by atoms with E-state index in [0.29, 0.717) is 35.2 Å². The van der Waals surface area contributed by atoms with Crippen LogP contribution < -0.4 is 10.5 Å². The summed E-state index contributed by atoms with van der Waals surface area (Å²) >= 11 is 7.42. The van der Waals surface area contributed by atoms with Crippen molar-refractivity contribution in [1.29, 1.82) is 0 Å². The molecule has 1 fully saturated rings. The van der Waals surface area contributed by atoms with Gasteiger partial charge in [0.2, 0.25) is 5.91 Å². The molecule has 0 saturated carbocycles. The molecular weight excluding hydrogens is 386 g/mol. The molecule has 2 atom stereocenters. The van der Waals surface area contributed by atoms with Crippen LogP contribution in [0.25, 0.3) is 0 Å². The first kappa shape index (κ1) is 19.6. The van der Waals surface area contributed by atoms with E-state index in [0.717, 1.165) is 10.7 Å². The van der Waals surface area contributed by atoms with Crippen molar-refractivity contribution in [1.82, 2.24) is 9.88 Å². The monoisotopic (exact) mass is 407 g/mol. The molecule has 1 aromatic carbocycles. The van der Waals surface area contributed by atoms with Crippen LogP contribution in [0.1, 0.15) is 33.2 Å². The zero-order valence-corrected chi connectivity index (χ0v) is 16.8. The summed E-state index contributed by atoms with van der Waals surface area (Å²) in [5.74, 6) is 0.0248. The molecule has 0 spiro atoms. The van der Waals surface area contributed by atoms with Gasteiger partial charge in [0.05, 0.1) is 10.7 Å². The zero-order valence-electron chi connectivity index (χ0n) is 15.3. The number of carbonyl (C=O) groups excluding carboxylic acids is 2. The number of carbonyl (C=O) groups is 2. The standard InChI is InChI=1S/C19H22ClN3O3S/c1-11-18(27-12(2)22-11)19(25)23-7-6-16(13(10-23)8-17(21)24)26-15-5-3-4-14(20)9-15/h3-5,9,13,16H,6-8,10H2,1-2H3,(H2,21,24)/t13-,16-/m0/s1. The van der Waals surface area contributed by atoms with Crippen LogP contribution in [0, 0.1) is 19.8 Å².